The molecule has 1 aromatic heterocycles. The molecule has 0 aliphatic rings. The minimum Gasteiger partial charge on any atom is -0.288 e. The summed E-state index contributed by atoms with van der Waals surface area (Å²) in [4.78, 5) is 26.7. The van der Waals surface area contributed by atoms with Crippen LogP contribution in [-0.4, -0.2) is 26.4 Å². The zero-order chi connectivity index (χ0) is 21.3. The summed E-state index contributed by atoms with van der Waals surface area (Å²) in [5, 5.41) is 4.54. The molecule has 0 N–H and O–H groups in total. The molecule has 0 aliphatic carbocycles. The van der Waals surface area contributed by atoms with E-state index in [0.29, 0.717) is 16.7 Å². The van der Waals surface area contributed by atoms with E-state index in [1.807, 2.05) is 0 Å². The lowest BCUT2D eigenvalue weighted by Crippen LogP contribution is -2.44. The van der Waals surface area contributed by atoms with E-state index in [9.17, 15) is 18.4 Å². The van der Waals surface area contributed by atoms with Crippen molar-refractivity contribution in [2.45, 2.75) is 26.4 Å². The van der Waals surface area contributed by atoms with Crippen LogP contribution in [0.25, 0.3) is 0 Å². The summed E-state index contributed by atoms with van der Waals surface area (Å²) >= 11 is 12.1. The van der Waals surface area contributed by atoms with Gasteiger partial charge in [0.15, 0.2) is 0 Å². The van der Waals surface area contributed by atoms with E-state index in [-0.39, 0.29) is 17.3 Å². The van der Waals surface area contributed by atoms with Gasteiger partial charge in [0.25, 0.3) is 0 Å². The van der Waals surface area contributed by atoms with Gasteiger partial charge in [0, 0.05) is 12.1 Å². The molecule has 0 saturated heterocycles. The number of halogens is 4. The Morgan fingerprint density at radius 1 is 1.21 bits per heavy atom. The summed E-state index contributed by atoms with van der Waals surface area (Å²) in [7, 11) is 0. The molecular weight excluding hydrogens is 425 g/mol. The van der Waals surface area contributed by atoms with Crippen molar-refractivity contribution in [1.29, 1.82) is 0 Å². The molecule has 0 unspecified atom stereocenters. The molecule has 1 heterocycles. The van der Waals surface area contributed by atoms with Crippen molar-refractivity contribution in [2.75, 3.05) is 4.90 Å². The van der Waals surface area contributed by atoms with E-state index in [0.717, 1.165) is 32.6 Å². The zero-order valence-electron chi connectivity index (χ0n) is 15.4. The molecule has 0 spiro atoms. The van der Waals surface area contributed by atoms with Gasteiger partial charge >= 0.3 is 11.7 Å². The second-order valence-corrected chi connectivity index (χ2v) is 7.28. The first-order chi connectivity index (χ1) is 13.7. The molecule has 3 rings (SSSR count). The van der Waals surface area contributed by atoms with Gasteiger partial charge in [-0.05, 0) is 37.6 Å². The van der Waals surface area contributed by atoms with Crippen molar-refractivity contribution in [3.8, 4) is 0 Å². The lowest BCUT2D eigenvalue weighted by molar-refractivity contribution is 0.245. The first-order valence-electron chi connectivity index (χ1n) is 8.56. The van der Waals surface area contributed by atoms with Crippen LogP contribution in [0.2, 0.25) is 10.0 Å². The Labute approximate surface area is 174 Å². The molecule has 0 aliphatic heterocycles. The monoisotopic (exact) mass is 440 g/mol. The van der Waals surface area contributed by atoms with Crippen LogP contribution in [0.3, 0.4) is 0 Å². The molecule has 0 radical (unpaired) electrons. The van der Waals surface area contributed by atoms with E-state index in [2.05, 4.69) is 5.10 Å². The van der Waals surface area contributed by atoms with Gasteiger partial charge in [-0.3, -0.25) is 4.90 Å². The minimum absolute atomic E-state index is 0.00883. The highest BCUT2D eigenvalue weighted by Crippen LogP contribution is 2.26. The summed E-state index contributed by atoms with van der Waals surface area (Å²) in [6, 6.07) is 6.48. The fourth-order valence-corrected chi connectivity index (χ4v) is 3.18. The van der Waals surface area contributed by atoms with Crippen LogP contribution in [-0.2, 0) is 6.54 Å². The lowest BCUT2D eigenvalue weighted by Gasteiger charge is -2.26. The predicted molar refractivity (Wildman–Crippen MR) is 107 cm³/mol. The number of nitrogens with zero attached hydrogens (tertiary/aromatic N) is 4. The molecule has 2 aromatic carbocycles. The Bertz CT molecular complexity index is 1130. The number of benzene rings is 2. The fourth-order valence-electron chi connectivity index (χ4n) is 2.80. The van der Waals surface area contributed by atoms with Crippen LogP contribution in [0, 0.1) is 11.6 Å². The molecule has 0 atom stereocenters. The van der Waals surface area contributed by atoms with Crippen LogP contribution in [0.1, 0.15) is 19.4 Å². The third kappa shape index (κ3) is 4.18. The Morgan fingerprint density at radius 3 is 2.59 bits per heavy atom. The van der Waals surface area contributed by atoms with Crippen LogP contribution in [0.4, 0.5) is 19.3 Å². The lowest BCUT2D eigenvalue weighted by atomic mass is 10.2. The van der Waals surface area contributed by atoms with Crippen molar-refractivity contribution in [2.24, 2.45) is 0 Å². The van der Waals surface area contributed by atoms with Crippen LogP contribution in [0.15, 0.2) is 47.5 Å². The van der Waals surface area contributed by atoms with E-state index < -0.39 is 29.4 Å². The van der Waals surface area contributed by atoms with Gasteiger partial charge in [-0.1, -0.05) is 35.3 Å². The molecule has 0 bridgehead atoms. The Morgan fingerprint density at radius 2 is 1.93 bits per heavy atom. The van der Waals surface area contributed by atoms with Gasteiger partial charge in [0.2, 0.25) is 0 Å². The summed E-state index contributed by atoms with van der Waals surface area (Å²) in [5.74, 6) is -1.69. The van der Waals surface area contributed by atoms with Crippen molar-refractivity contribution in [3.05, 3.63) is 80.5 Å². The summed E-state index contributed by atoms with van der Waals surface area (Å²) in [6.07, 6.45) is 1.04. The summed E-state index contributed by atoms with van der Waals surface area (Å²) in [5.41, 5.74) is -0.340. The smallest absolute Gasteiger partial charge is 0.288 e. The Kier molecular flexibility index (Phi) is 6.04. The molecule has 29 heavy (non-hydrogen) atoms. The van der Waals surface area contributed by atoms with Crippen molar-refractivity contribution < 1.29 is 13.6 Å². The number of amides is 1. The SMILES string of the molecule is CC(C)N(C(=O)n1cnn(Cc2cccc(Cl)c2Cl)c1=O)c1ccc(F)cc1F. The third-order valence-corrected chi connectivity index (χ3v) is 5.04. The first kappa shape index (κ1) is 21.0. The minimum atomic E-state index is -0.918. The average Bonchev–Trinajstić information content (AvgIpc) is 3.01. The highest BCUT2D eigenvalue weighted by molar-refractivity contribution is 6.42. The number of hydrogen-bond donors (Lipinski definition) is 0. The largest absolute Gasteiger partial charge is 0.354 e. The maximum Gasteiger partial charge on any atom is 0.354 e. The van der Waals surface area contributed by atoms with E-state index in [1.165, 1.54) is 0 Å². The van der Waals surface area contributed by atoms with Crippen LogP contribution in [0.5, 0.6) is 0 Å². The molecule has 6 nitrogen and oxygen atoms in total. The number of carbonyl (C=O) groups excluding carboxylic acids is 1. The van der Waals surface area contributed by atoms with Gasteiger partial charge in [-0.2, -0.15) is 9.67 Å². The van der Waals surface area contributed by atoms with E-state index in [4.69, 9.17) is 23.2 Å². The second-order valence-electron chi connectivity index (χ2n) is 6.50. The zero-order valence-corrected chi connectivity index (χ0v) is 17.0. The van der Waals surface area contributed by atoms with E-state index in [1.54, 1.807) is 32.0 Å². The van der Waals surface area contributed by atoms with E-state index >= 15 is 0 Å². The van der Waals surface area contributed by atoms with Gasteiger partial charge in [-0.25, -0.2) is 23.1 Å². The molecular formula is C19H16Cl2F2N4O2. The molecule has 10 heteroatoms. The Balaban J connectivity index is 1.96. The molecule has 0 saturated carbocycles. The highest BCUT2D eigenvalue weighted by atomic mass is 35.5. The molecule has 152 valence electrons. The van der Waals surface area contributed by atoms with Crippen molar-refractivity contribution in [3.63, 3.8) is 0 Å². The predicted octanol–water partition coefficient (Wildman–Crippen LogP) is 4.56. The molecule has 0 fully saturated rings. The quantitative estimate of drug-likeness (QED) is 0.597. The number of anilines is 1. The van der Waals surface area contributed by atoms with Crippen molar-refractivity contribution >= 4 is 34.9 Å². The average molecular weight is 441 g/mol. The maximum atomic E-state index is 14.2. The van der Waals surface area contributed by atoms with Gasteiger partial charge in [-0.15, -0.1) is 0 Å². The van der Waals surface area contributed by atoms with Crippen LogP contribution >= 0.6 is 23.2 Å². The number of aromatic nitrogens is 3. The molecule has 1 amide bonds. The number of carbonyl (C=O) groups is 1. The summed E-state index contributed by atoms with van der Waals surface area (Å²) < 4.78 is 29.3. The topological polar surface area (TPSA) is 60.1 Å². The van der Waals surface area contributed by atoms with Gasteiger partial charge in [0.1, 0.15) is 18.0 Å². The normalized spacial score (nSPS) is 11.1. The Hall–Kier alpha value is -2.71. The number of hydrogen-bond acceptors (Lipinski definition) is 3. The van der Waals surface area contributed by atoms with Crippen molar-refractivity contribution in [1.82, 2.24) is 14.3 Å². The molecule has 3 aromatic rings. The third-order valence-electron chi connectivity index (χ3n) is 4.18. The fraction of sp³-hybridized carbons (Fsp3) is 0.211. The summed E-state index contributed by atoms with van der Waals surface area (Å²) in [6.45, 7) is 3.27. The second kappa shape index (κ2) is 8.34. The van der Waals surface area contributed by atoms with Crippen LogP contribution < -0.4 is 10.6 Å². The maximum absolute atomic E-state index is 14.2. The first-order valence-corrected chi connectivity index (χ1v) is 9.32. The standard InChI is InChI=1S/C19H16Cl2F2N4O2/c1-11(2)27(16-7-6-13(22)8-15(16)23)19(29)25-10-24-26(18(25)28)9-12-4-3-5-14(20)17(12)21/h3-8,10-11H,9H2,1-2H3. The van der Waals surface area contributed by atoms with Gasteiger partial charge < -0.3 is 0 Å². The number of rotatable bonds is 4. The van der Waals surface area contributed by atoms with Gasteiger partial charge in [0.05, 0.1) is 22.3 Å². The highest BCUT2D eigenvalue weighted by Gasteiger charge is 2.26.